The molecule has 0 heterocycles. The minimum absolute atomic E-state index is 0.323. The second-order valence-electron chi connectivity index (χ2n) is 3.97. The largest absolute Gasteiger partial charge is 0.459 e. The van der Waals surface area contributed by atoms with Crippen molar-refractivity contribution in [2.75, 3.05) is 40.0 Å². The van der Waals surface area contributed by atoms with Gasteiger partial charge in [0.2, 0.25) is 0 Å². The topological polar surface area (TPSA) is 52.3 Å². The van der Waals surface area contributed by atoms with Crippen LogP contribution in [0.25, 0.3) is 0 Å². The molecule has 78 valence electrons. The van der Waals surface area contributed by atoms with E-state index in [4.69, 9.17) is 10.5 Å². The predicted molar refractivity (Wildman–Crippen MR) is 55.7 cm³/mol. The van der Waals surface area contributed by atoms with Crippen LogP contribution in [0.15, 0.2) is 0 Å². The van der Waals surface area contributed by atoms with Gasteiger partial charge in [-0.1, -0.05) is 0 Å². The van der Waals surface area contributed by atoms with Crippen molar-refractivity contribution in [3.05, 3.63) is 0 Å². The van der Waals surface area contributed by atoms with Crippen LogP contribution in [0.1, 0.15) is 0 Å². The molecule has 0 bridgehead atoms. The SMILES string of the molecule is C[N+](C)(C)CCOC(=O)C(N)CS. The zero-order valence-electron chi connectivity index (χ0n) is 8.49. The molecule has 0 aromatic carbocycles. The fourth-order valence-corrected chi connectivity index (χ4v) is 0.751. The van der Waals surface area contributed by atoms with Crippen LogP contribution in [-0.4, -0.2) is 56.5 Å². The first-order chi connectivity index (χ1) is 5.87. The maximum Gasteiger partial charge on any atom is 0.323 e. The molecule has 2 N–H and O–H groups in total. The highest BCUT2D eigenvalue weighted by Crippen LogP contribution is 1.92. The zero-order valence-corrected chi connectivity index (χ0v) is 9.38. The third-order valence-electron chi connectivity index (χ3n) is 1.51. The van der Waals surface area contributed by atoms with Crippen LogP contribution in [0.5, 0.6) is 0 Å². The molecule has 5 heteroatoms. The molecule has 0 amide bonds. The van der Waals surface area contributed by atoms with E-state index >= 15 is 0 Å². The summed E-state index contributed by atoms with van der Waals surface area (Å²) in [7, 11) is 6.10. The quantitative estimate of drug-likeness (QED) is 0.363. The van der Waals surface area contributed by atoms with Crippen LogP contribution in [0.4, 0.5) is 0 Å². The van der Waals surface area contributed by atoms with E-state index in [-0.39, 0.29) is 5.97 Å². The smallest absolute Gasteiger partial charge is 0.323 e. The van der Waals surface area contributed by atoms with Crippen LogP contribution < -0.4 is 5.73 Å². The number of carbonyl (C=O) groups is 1. The van der Waals surface area contributed by atoms with Gasteiger partial charge in [-0.25, -0.2) is 0 Å². The van der Waals surface area contributed by atoms with Gasteiger partial charge < -0.3 is 15.0 Å². The Morgan fingerprint density at radius 2 is 2.08 bits per heavy atom. The Balaban J connectivity index is 3.60. The molecule has 0 aliphatic heterocycles. The zero-order chi connectivity index (χ0) is 10.5. The average molecular weight is 207 g/mol. The van der Waals surface area contributed by atoms with E-state index in [1.54, 1.807) is 0 Å². The molecule has 0 aliphatic rings. The first kappa shape index (κ1) is 12.7. The highest BCUT2D eigenvalue weighted by atomic mass is 32.1. The summed E-state index contributed by atoms with van der Waals surface area (Å²) in [6.45, 7) is 1.19. The van der Waals surface area contributed by atoms with Crippen LogP contribution in [0, 0.1) is 0 Å². The number of rotatable bonds is 5. The summed E-state index contributed by atoms with van der Waals surface area (Å²) in [5.41, 5.74) is 5.41. The second kappa shape index (κ2) is 5.47. The van der Waals surface area contributed by atoms with Crippen molar-refractivity contribution in [2.24, 2.45) is 5.73 Å². The Morgan fingerprint density at radius 3 is 2.46 bits per heavy atom. The molecule has 4 nitrogen and oxygen atoms in total. The fraction of sp³-hybridized carbons (Fsp3) is 0.875. The maximum atomic E-state index is 11.1. The lowest BCUT2D eigenvalue weighted by Crippen LogP contribution is -2.40. The summed E-state index contributed by atoms with van der Waals surface area (Å²) < 4.78 is 5.71. The fourth-order valence-electron chi connectivity index (χ4n) is 0.602. The number of hydrogen-bond donors (Lipinski definition) is 2. The molecule has 0 saturated heterocycles. The molecule has 0 aromatic heterocycles. The molecule has 0 aliphatic carbocycles. The molecular weight excluding hydrogens is 188 g/mol. The van der Waals surface area contributed by atoms with Crippen molar-refractivity contribution in [3.8, 4) is 0 Å². The number of thiol groups is 1. The van der Waals surface area contributed by atoms with Crippen LogP contribution in [-0.2, 0) is 9.53 Å². The lowest BCUT2D eigenvalue weighted by molar-refractivity contribution is -0.870. The van der Waals surface area contributed by atoms with E-state index in [2.05, 4.69) is 12.6 Å². The first-order valence-electron chi connectivity index (χ1n) is 4.20. The summed E-state index contributed by atoms with van der Waals surface area (Å²) in [5, 5.41) is 0. The Kier molecular flexibility index (Phi) is 5.36. The van der Waals surface area contributed by atoms with Gasteiger partial charge in [-0.3, -0.25) is 4.79 Å². The van der Waals surface area contributed by atoms with Crippen molar-refractivity contribution in [2.45, 2.75) is 6.04 Å². The third kappa shape index (κ3) is 6.86. The first-order valence-corrected chi connectivity index (χ1v) is 4.83. The summed E-state index contributed by atoms with van der Waals surface area (Å²) in [6, 6.07) is -0.601. The van der Waals surface area contributed by atoms with Crippen molar-refractivity contribution in [3.63, 3.8) is 0 Å². The predicted octanol–water partition coefficient (Wildman–Crippen LogP) is -0.507. The van der Waals surface area contributed by atoms with Gasteiger partial charge in [0.1, 0.15) is 19.2 Å². The Morgan fingerprint density at radius 1 is 1.54 bits per heavy atom. The van der Waals surface area contributed by atoms with Gasteiger partial charge in [-0.2, -0.15) is 12.6 Å². The number of hydrogen-bond acceptors (Lipinski definition) is 4. The highest BCUT2D eigenvalue weighted by molar-refractivity contribution is 7.80. The number of likely N-dealkylation sites (N-methyl/N-ethyl adjacent to an activating group) is 1. The van der Waals surface area contributed by atoms with E-state index in [9.17, 15) is 4.79 Å². The number of carbonyl (C=O) groups excluding carboxylic acids is 1. The second-order valence-corrected chi connectivity index (χ2v) is 4.34. The van der Waals surface area contributed by atoms with E-state index in [1.807, 2.05) is 21.1 Å². The summed E-state index contributed by atoms with van der Waals surface area (Å²) in [4.78, 5) is 11.1. The summed E-state index contributed by atoms with van der Waals surface area (Å²) >= 11 is 3.90. The van der Waals surface area contributed by atoms with Gasteiger partial charge in [-0.05, 0) is 0 Å². The van der Waals surface area contributed by atoms with Gasteiger partial charge in [-0.15, -0.1) is 0 Å². The number of ether oxygens (including phenoxy) is 1. The Labute approximate surface area is 85.0 Å². The molecule has 0 saturated carbocycles. The van der Waals surface area contributed by atoms with Gasteiger partial charge in [0.05, 0.1) is 21.1 Å². The summed E-state index contributed by atoms with van der Waals surface area (Å²) in [5.74, 6) is -0.0492. The van der Waals surface area contributed by atoms with Crippen molar-refractivity contribution < 1.29 is 14.0 Å². The monoisotopic (exact) mass is 207 g/mol. The minimum Gasteiger partial charge on any atom is -0.459 e. The summed E-state index contributed by atoms with van der Waals surface area (Å²) in [6.07, 6.45) is 0. The van der Waals surface area contributed by atoms with Crippen molar-refractivity contribution >= 4 is 18.6 Å². The lowest BCUT2D eigenvalue weighted by atomic mass is 10.4. The molecule has 0 spiro atoms. The third-order valence-corrected chi connectivity index (χ3v) is 1.90. The molecule has 0 fully saturated rings. The Bertz CT molecular complexity index is 168. The van der Waals surface area contributed by atoms with Gasteiger partial charge in [0.25, 0.3) is 0 Å². The highest BCUT2D eigenvalue weighted by Gasteiger charge is 2.14. The normalized spacial score (nSPS) is 13.9. The van der Waals surface area contributed by atoms with Crippen molar-refractivity contribution in [1.29, 1.82) is 0 Å². The standard InChI is InChI=1S/C8H18N2O2S/c1-10(2,3)4-5-12-8(11)7(9)6-13/h7H,4-6,9H2,1-3H3/p+1. The van der Waals surface area contributed by atoms with E-state index in [0.717, 1.165) is 11.0 Å². The number of nitrogens with two attached hydrogens (primary N) is 1. The molecule has 0 radical (unpaired) electrons. The number of esters is 1. The van der Waals surface area contributed by atoms with Gasteiger partial charge in [0.15, 0.2) is 0 Å². The van der Waals surface area contributed by atoms with Gasteiger partial charge in [0, 0.05) is 5.75 Å². The average Bonchev–Trinajstić information content (AvgIpc) is 2.00. The molecule has 1 unspecified atom stereocenters. The molecule has 0 rings (SSSR count). The lowest BCUT2D eigenvalue weighted by Gasteiger charge is -2.23. The molecule has 0 aromatic rings. The number of quaternary nitrogens is 1. The minimum atomic E-state index is -0.601. The van der Waals surface area contributed by atoms with Crippen LogP contribution >= 0.6 is 12.6 Å². The van der Waals surface area contributed by atoms with E-state index in [0.29, 0.717) is 12.4 Å². The maximum absolute atomic E-state index is 11.1. The van der Waals surface area contributed by atoms with Crippen molar-refractivity contribution in [1.82, 2.24) is 0 Å². The number of nitrogens with zero attached hydrogens (tertiary/aromatic N) is 1. The van der Waals surface area contributed by atoms with Crippen LogP contribution in [0.3, 0.4) is 0 Å². The van der Waals surface area contributed by atoms with E-state index in [1.165, 1.54) is 0 Å². The molecule has 1 atom stereocenters. The van der Waals surface area contributed by atoms with E-state index < -0.39 is 6.04 Å². The Hall–Kier alpha value is -0.260. The van der Waals surface area contributed by atoms with Crippen LogP contribution in [0.2, 0.25) is 0 Å². The van der Waals surface area contributed by atoms with Gasteiger partial charge >= 0.3 is 5.97 Å². The molecular formula is C8H19N2O2S+. The molecule has 13 heavy (non-hydrogen) atoms.